The van der Waals surface area contributed by atoms with Crippen LogP contribution < -0.4 is 5.32 Å². The lowest BCUT2D eigenvalue weighted by Gasteiger charge is -2.33. The Bertz CT molecular complexity index is 1400. The van der Waals surface area contributed by atoms with Gasteiger partial charge in [-0.3, -0.25) is 14.7 Å². The molecule has 1 aromatic heterocycles. The number of hydrogen-bond donors (Lipinski definition) is 2. The first-order chi connectivity index (χ1) is 17.7. The van der Waals surface area contributed by atoms with Crippen molar-refractivity contribution in [1.82, 2.24) is 25.4 Å². The van der Waals surface area contributed by atoms with E-state index in [1.165, 1.54) is 0 Å². The molecular formula is C29H29N5O2. The summed E-state index contributed by atoms with van der Waals surface area (Å²) in [5.41, 5.74) is 1.55. The molecule has 2 aliphatic rings. The highest BCUT2D eigenvalue weighted by Gasteiger charge is 2.47. The summed E-state index contributed by atoms with van der Waals surface area (Å²) in [7, 11) is 0. The maximum absolute atomic E-state index is 13.8. The molecule has 0 bridgehead atoms. The lowest BCUT2D eigenvalue weighted by atomic mass is 9.84. The molecule has 1 aliphatic carbocycles. The standard InChI is InChI=1S/C29H29N5O2/c35-28(30-18-26-31-27(33-32-26)20-9-2-1-3-10-20)25-17-22-12-6-7-13-24(22)34(25)29(36)23-15-14-19-8-4-5-11-21(19)16-23/h1-5,8-11,14-16,22,24-25H,6-7,12-13,17-18H2,(H,30,35)(H,31,32,33)/t22-,24-,25-/m0/s1. The molecule has 7 nitrogen and oxygen atoms in total. The van der Waals surface area contributed by atoms with Crippen molar-refractivity contribution in [2.45, 2.75) is 50.7 Å². The van der Waals surface area contributed by atoms with Gasteiger partial charge in [-0.05, 0) is 48.1 Å². The summed E-state index contributed by atoms with van der Waals surface area (Å²) in [6, 6.07) is 23.2. The molecular weight excluding hydrogens is 450 g/mol. The molecule has 3 atom stereocenters. The molecule has 4 aromatic rings. The molecule has 7 heteroatoms. The number of likely N-dealkylation sites (tertiary alicyclic amines) is 1. The van der Waals surface area contributed by atoms with E-state index in [9.17, 15) is 9.59 Å². The SMILES string of the molecule is O=C(NCc1nc(-c2ccccc2)n[nH]1)[C@@H]1C[C@@H]2CCCC[C@@H]2N1C(=O)c1ccc2ccccc2c1. The Labute approximate surface area is 209 Å². The van der Waals surface area contributed by atoms with Gasteiger partial charge in [0.1, 0.15) is 11.9 Å². The number of hydrogen-bond acceptors (Lipinski definition) is 4. The number of carbonyl (C=O) groups excluding carboxylic acids is 2. The molecule has 1 saturated carbocycles. The summed E-state index contributed by atoms with van der Waals surface area (Å²) < 4.78 is 0. The van der Waals surface area contributed by atoms with Crippen LogP contribution >= 0.6 is 0 Å². The van der Waals surface area contributed by atoms with Crippen LogP contribution in [-0.2, 0) is 11.3 Å². The summed E-state index contributed by atoms with van der Waals surface area (Å²) in [4.78, 5) is 33.6. The van der Waals surface area contributed by atoms with E-state index < -0.39 is 6.04 Å². The van der Waals surface area contributed by atoms with Crippen molar-refractivity contribution in [3.63, 3.8) is 0 Å². The van der Waals surface area contributed by atoms with Crippen molar-refractivity contribution in [1.29, 1.82) is 0 Å². The van der Waals surface area contributed by atoms with E-state index in [4.69, 9.17) is 0 Å². The minimum absolute atomic E-state index is 0.0543. The molecule has 3 aromatic carbocycles. The zero-order chi connectivity index (χ0) is 24.5. The van der Waals surface area contributed by atoms with Crippen LogP contribution in [0.25, 0.3) is 22.2 Å². The van der Waals surface area contributed by atoms with Crippen molar-refractivity contribution in [2.75, 3.05) is 0 Å². The largest absolute Gasteiger partial charge is 0.347 e. The lowest BCUT2D eigenvalue weighted by Crippen LogP contribution is -2.49. The van der Waals surface area contributed by atoms with Gasteiger partial charge in [-0.1, -0.05) is 73.5 Å². The maximum Gasteiger partial charge on any atom is 0.254 e. The zero-order valence-corrected chi connectivity index (χ0v) is 20.1. The molecule has 1 saturated heterocycles. The van der Waals surface area contributed by atoms with Gasteiger partial charge in [0.2, 0.25) is 5.91 Å². The fraction of sp³-hybridized carbons (Fsp3) is 0.310. The Hall–Kier alpha value is -4.00. The van der Waals surface area contributed by atoms with Gasteiger partial charge in [-0.25, -0.2) is 4.98 Å². The Morgan fingerprint density at radius 2 is 1.72 bits per heavy atom. The minimum atomic E-state index is -0.478. The molecule has 1 aliphatic heterocycles. The van der Waals surface area contributed by atoms with Crippen molar-refractivity contribution < 1.29 is 9.59 Å². The fourth-order valence-corrected chi connectivity index (χ4v) is 5.84. The monoisotopic (exact) mass is 479 g/mol. The maximum atomic E-state index is 13.8. The third-order valence-electron chi connectivity index (χ3n) is 7.62. The molecule has 2 N–H and O–H groups in total. The number of nitrogens with zero attached hydrogens (tertiary/aromatic N) is 3. The van der Waals surface area contributed by atoms with E-state index in [-0.39, 0.29) is 24.4 Å². The van der Waals surface area contributed by atoms with Gasteiger partial charge in [-0.2, -0.15) is 5.10 Å². The van der Waals surface area contributed by atoms with Crippen LogP contribution in [0.2, 0.25) is 0 Å². The first-order valence-electron chi connectivity index (χ1n) is 12.7. The van der Waals surface area contributed by atoms with Crippen LogP contribution in [0.3, 0.4) is 0 Å². The van der Waals surface area contributed by atoms with Crippen LogP contribution in [0.15, 0.2) is 72.8 Å². The Kier molecular flexibility index (Phi) is 5.97. The quantitative estimate of drug-likeness (QED) is 0.434. The van der Waals surface area contributed by atoms with Gasteiger partial charge in [-0.15, -0.1) is 0 Å². The van der Waals surface area contributed by atoms with Crippen LogP contribution in [0.5, 0.6) is 0 Å². The van der Waals surface area contributed by atoms with Gasteiger partial charge >= 0.3 is 0 Å². The Balaban J connectivity index is 1.21. The molecule has 182 valence electrons. The molecule has 0 radical (unpaired) electrons. The number of carbonyl (C=O) groups is 2. The van der Waals surface area contributed by atoms with E-state index in [2.05, 4.69) is 20.5 Å². The third-order valence-corrected chi connectivity index (χ3v) is 7.62. The summed E-state index contributed by atoms with van der Waals surface area (Å²) >= 11 is 0. The highest BCUT2D eigenvalue weighted by atomic mass is 16.2. The van der Waals surface area contributed by atoms with Crippen LogP contribution in [0.4, 0.5) is 0 Å². The number of fused-ring (bicyclic) bond motifs is 2. The van der Waals surface area contributed by atoms with Crippen molar-refractivity contribution >= 4 is 22.6 Å². The number of aromatic nitrogens is 3. The topological polar surface area (TPSA) is 91.0 Å². The first-order valence-corrected chi connectivity index (χ1v) is 12.7. The fourth-order valence-electron chi connectivity index (χ4n) is 5.84. The molecule has 36 heavy (non-hydrogen) atoms. The average Bonchev–Trinajstić information content (AvgIpc) is 3.57. The zero-order valence-electron chi connectivity index (χ0n) is 20.1. The highest BCUT2D eigenvalue weighted by Crippen LogP contribution is 2.40. The van der Waals surface area contributed by atoms with Gasteiger partial charge in [0.15, 0.2) is 5.82 Å². The Morgan fingerprint density at radius 1 is 0.944 bits per heavy atom. The van der Waals surface area contributed by atoms with Gasteiger partial charge in [0.25, 0.3) is 5.91 Å². The van der Waals surface area contributed by atoms with E-state index in [0.717, 1.165) is 42.0 Å². The number of nitrogens with one attached hydrogen (secondary N) is 2. The van der Waals surface area contributed by atoms with Gasteiger partial charge < -0.3 is 10.2 Å². The van der Waals surface area contributed by atoms with E-state index in [0.29, 0.717) is 29.6 Å². The van der Waals surface area contributed by atoms with Crippen molar-refractivity contribution in [3.8, 4) is 11.4 Å². The van der Waals surface area contributed by atoms with E-state index in [1.54, 1.807) is 0 Å². The molecule has 2 amide bonds. The molecule has 0 spiro atoms. The van der Waals surface area contributed by atoms with Gasteiger partial charge in [0, 0.05) is 17.2 Å². The van der Waals surface area contributed by atoms with Crippen LogP contribution in [-0.4, -0.2) is 44.0 Å². The summed E-state index contributed by atoms with van der Waals surface area (Å²) in [5.74, 6) is 1.37. The Morgan fingerprint density at radius 3 is 2.58 bits per heavy atom. The lowest BCUT2D eigenvalue weighted by molar-refractivity contribution is -0.125. The summed E-state index contributed by atoms with van der Waals surface area (Å²) in [5, 5.41) is 12.3. The van der Waals surface area contributed by atoms with Crippen molar-refractivity contribution in [3.05, 3.63) is 84.2 Å². The predicted molar refractivity (Wildman–Crippen MR) is 138 cm³/mol. The molecule has 2 fully saturated rings. The normalized spacial score (nSPS) is 21.3. The van der Waals surface area contributed by atoms with Crippen molar-refractivity contribution in [2.24, 2.45) is 5.92 Å². The van der Waals surface area contributed by atoms with Crippen LogP contribution in [0.1, 0.15) is 48.3 Å². The minimum Gasteiger partial charge on any atom is -0.347 e. The van der Waals surface area contributed by atoms with E-state index >= 15 is 0 Å². The number of H-pyrrole nitrogens is 1. The average molecular weight is 480 g/mol. The molecule has 2 heterocycles. The smallest absolute Gasteiger partial charge is 0.254 e. The molecule has 6 rings (SSSR count). The molecule has 0 unspecified atom stereocenters. The second kappa shape index (κ2) is 9.57. The highest BCUT2D eigenvalue weighted by molar-refractivity contribution is 6.01. The third kappa shape index (κ3) is 4.26. The number of rotatable bonds is 5. The van der Waals surface area contributed by atoms with Crippen LogP contribution in [0, 0.1) is 5.92 Å². The summed E-state index contributed by atoms with van der Waals surface area (Å²) in [6.07, 6.45) is 4.99. The second-order valence-corrected chi connectivity index (χ2v) is 9.83. The predicted octanol–water partition coefficient (Wildman–Crippen LogP) is 4.71. The van der Waals surface area contributed by atoms with Gasteiger partial charge in [0.05, 0.1) is 6.54 Å². The van der Waals surface area contributed by atoms with E-state index in [1.807, 2.05) is 77.7 Å². The second-order valence-electron chi connectivity index (χ2n) is 9.83. The number of amides is 2. The number of benzene rings is 3. The number of aromatic amines is 1. The summed E-state index contributed by atoms with van der Waals surface area (Å²) in [6.45, 7) is 0.239. The first kappa shape index (κ1) is 22.5.